The SMILES string of the molecule is CC(C)(C)c1cc(OCC(=O)NN)ccc1OCC(=O)NN.COC(=O)COc1ccc(OCC(=O)OC)c(C(C)(C)C)c1. The fourth-order valence-corrected chi connectivity index (χ4v) is 3.39. The maximum absolute atomic E-state index is 11.2. The van der Waals surface area contributed by atoms with Crippen LogP contribution in [0, 0.1) is 0 Å². The highest BCUT2D eigenvalue weighted by Crippen LogP contribution is 2.35. The molecule has 0 heterocycles. The standard InChI is InChI=1S/C16H22O6.C14H22N4O4/c1-16(2,3)12-8-11(21-9-14(17)19-4)6-7-13(12)22-10-15(18)20-5;1-14(2,3)10-6-9(21-7-12(19)17-15)4-5-11(10)22-8-13(20)18-16/h6-8H,9-10H2,1-5H3;4-6H,7-8,15-16H2,1-3H3,(H,17,19)(H,18,20). The monoisotopic (exact) mass is 620 g/mol. The van der Waals surface area contributed by atoms with Crippen LogP contribution < -0.4 is 41.5 Å². The lowest BCUT2D eigenvalue weighted by atomic mass is 9.86. The maximum Gasteiger partial charge on any atom is 0.343 e. The number of amides is 2. The number of carbonyl (C=O) groups is 4. The highest BCUT2D eigenvalue weighted by molar-refractivity contribution is 5.77. The Morgan fingerprint density at radius 2 is 0.932 bits per heavy atom. The zero-order valence-corrected chi connectivity index (χ0v) is 26.5. The van der Waals surface area contributed by atoms with Crippen LogP contribution in [0.2, 0.25) is 0 Å². The van der Waals surface area contributed by atoms with Gasteiger partial charge in [0.2, 0.25) is 0 Å². The van der Waals surface area contributed by atoms with Crippen molar-refractivity contribution in [2.45, 2.75) is 52.4 Å². The van der Waals surface area contributed by atoms with E-state index >= 15 is 0 Å². The first-order valence-corrected chi connectivity index (χ1v) is 13.5. The predicted octanol–water partition coefficient (Wildman–Crippen LogP) is 1.81. The van der Waals surface area contributed by atoms with Gasteiger partial charge in [-0.15, -0.1) is 0 Å². The van der Waals surface area contributed by atoms with Crippen LogP contribution in [0.1, 0.15) is 52.7 Å². The molecule has 0 unspecified atom stereocenters. The van der Waals surface area contributed by atoms with Gasteiger partial charge in [-0.1, -0.05) is 41.5 Å². The van der Waals surface area contributed by atoms with E-state index in [2.05, 4.69) is 9.47 Å². The molecule has 0 fully saturated rings. The minimum atomic E-state index is -0.455. The number of methoxy groups -OCH3 is 2. The minimum Gasteiger partial charge on any atom is -0.484 e. The molecule has 44 heavy (non-hydrogen) atoms. The van der Waals surface area contributed by atoms with E-state index in [1.807, 2.05) is 52.4 Å². The van der Waals surface area contributed by atoms with Crippen molar-refractivity contribution in [3.63, 3.8) is 0 Å². The van der Waals surface area contributed by atoms with Gasteiger partial charge in [-0.3, -0.25) is 20.4 Å². The lowest BCUT2D eigenvalue weighted by Gasteiger charge is -2.23. The molecule has 0 atom stereocenters. The average molecular weight is 621 g/mol. The van der Waals surface area contributed by atoms with E-state index < -0.39 is 23.8 Å². The summed E-state index contributed by atoms with van der Waals surface area (Å²) in [6, 6.07) is 10.3. The number of ether oxygens (including phenoxy) is 6. The van der Waals surface area contributed by atoms with Crippen LogP contribution in [0.4, 0.5) is 0 Å². The molecule has 6 N–H and O–H groups in total. The number of hydrogen-bond acceptors (Lipinski definition) is 12. The first-order valence-electron chi connectivity index (χ1n) is 13.5. The number of hydrazine groups is 2. The Labute approximate surface area is 257 Å². The summed E-state index contributed by atoms with van der Waals surface area (Å²) in [6.07, 6.45) is 0. The second-order valence-electron chi connectivity index (χ2n) is 11.3. The molecule has 0 bridgehead atoms. The summed E-state index contributed by atoms with van der Waals surface area (Å²) in [4.78, 5) is 44.6. The van der Waals surface area contributed by atoms with Gasteiger partial charge >= 0.3 is 11.9 Å². The topological polar surface area (TPSA) is 200 Å². The quantitative estimate of drug-likeness (QED) is 0.116. The van der Waals surface area contributed by atoms with Crippen LogP contribution >= 0.6 is 0 Å². The van der Waals surface area contributed by atoms with Gasteiger partial charge in [0.05, 0.1) is 14.2 Å². The fraction of sp³-hybridized carbons (Fsp3) is 0.467. The van der Waals surface area contributed by atoms with Crippen molar-refractivity contribution < 1.29 is 47.6 Å². The number of nitrogens with one attached hydrogen (secondary N) is 2. The van der Waals surface area contributed by atoms with Crippen molar-refractivity contribution >= 4 is 23.8 Å². The van der Waals surface area contributed by atoms with Crippen molar-refractivity contribution in [1.29, 1.82) is 0 Å². The molecular weight excluding hydrogens is 576 g/mol. The molecule has 0 saturated carbocycles. The predicted molar refractivity (Wildman–Crippen MR) is 161 cm³/mol. The van der Waals surface area contributed by atoms with Gasteiger partial charge in [0.15, 0.2) is 26.4 Å². The Bertz CT molecular complexity index is 1170. The number of benzene rings is 2. The van der Waals surface area contributed by atoms with Gasteiger partial charge < -0.3 is 28.4 Å². The number of esters is 2. The Morgan fingerprint density at radius 3 is 1.30 bits per heavy atom. The van der Waals surface area contributed by atoms with E-state index in [0.717, 1.165) is 11.1 Å². The molecule has 0 aliphatic heterocycles. The van der Waals surface area contributed by atoms with Gasteiger partial charge in [0, 0.05) is 11.1 Å². The van der Waals surface area contributed by atoms with Gasteiger partial charge in [-0.05, 0) is 47.2 Å². The molecule has 0 saturated heterocycles. The highest BCUT2D eigenvalue weighted by Gasteiger charge is 2.22. The molecule has 0 radical (unpaired) electrons. The van der Waals surface area contributed by atoms with E-state index in [9.17, 15) is 19.2 Å². The number of carbonyl (C=O) groups excluding carboxylic acids is 4. The molecule has 14 heteroatoms. The molecule has 2 aromatic carbocycles. The number of nitrogens with two attached hydrogens (primary N) is 2. The van der Waals surface area contributed by atoms with E-state index in [1.54, 1.807) is 36.4 Å². The molecule has 0 aliphatic carbocycles. The van der Waals surface area contributed by atoms with Crippen LogP contribution in [0.5, 0.6) is 23.0 Å². The summed E-state index contributed by atoms with van der Waals surface area (Å²) in [6.45, 7) is 11.3. The molecule has 14 nitrogen and oxygen atoms in total. The van der Waals surface area contributed by atoms with E-state index in [0.29, 0.717) is 23.0 Å². The summed E-state index contributed by atoms with van der Waals surface area (Å²) < 4.78 is 30.8. The summed E-state index contributed by atoms with van der Waals surface area (Å²) in [5.74, 6) is 10.4. The highest BCUT2D eigenvalue weighted by atomic mass is 16.6. The van der Waals surface area contributed by atoms with Crippen molar-refractivity contribution in [2.75, 3.05) is 40.6 Å². The van der Waals surface area contributed by atoms with E-state index in [-0.39, 0.29) is 37.3 Å². The molecule has 2 aromatic rings. The van der Waals surface area contributed by atoms with Gasteiger partial charge in [-0.25, -0.2) is 21.3 Å². The lowest BCUT2D eigenvalue weighted by Crippen LogP contribution is -2.34. The third kappa shape index (κ3) is 13.2. The van der Waals surface area contributed by atoms with Crippen LogP contribution in [-0.2, 0) is 39.5 Å². The second kappa shape index (κ2) is 17.5. The third-order valence-corrected chi connectivity index (χ3v) is 5.73. The maximum atomic E-state index is 11.2. The van der Waals surface area contributed by atoms with Gasteiger partial charge in [-0.2, -0.15) is 0 Å². The van der Waals surface area contributed by atoms with Crippen molar-refractivity contribution in [2.24, 2.45) is 11.7 Å². The Balaban J connectivity index is 0.000000440. The zero-order chi connectivity index (χ0) is 33.5. The first-order chi connectivity index (χ1) is 20.5. The molecule has 0 aromatic heterocycles. The molecule has 2 rings (SSSR count). The van der Waals surface area contributed by atoms with Crippen molar-refractivity contribution in [3.05, 3.63) is 47.5 Å². The van der Waals surface area contributed by atoms with E-state index in [4.69, 9.17) is 30.6 Å². The summed E-state index contributed by atoms with van der Waals surface area (Å²) in [5.41, 5.74) is 5.21. The van der Waals surface area contributed by atoms with Crippen LogP contribution in [0.15, 0.2) is 36.4 Å². The third-order valence-electron chi connectivity index (χ3n) is 5.73. The minimum absolute atomic E-state index is 0.164. The molecule has 244 valence electrons. The summed E-state index contributed by atoms with van der Waals surface area (Å²) in [7, 11) is 2.61. The van der Waals surface area contributed by atoms with Crippen LogP contribution in [0.3, 0.4) is 0 Å². The summed E-state index contributed by atoms with van der Waals surface area (Å²) in [5, 5.41) is 0. The number of hydrogen-bond donors (Lipinski definition) is 4. The average Bonchev–Trinajstić information content (AvgIpc) is 2.99. The molecule has 0 aliphatic rings. The Hall–Kier alpha value is -4.56. The molecule has 2 amide bonds. The van der Waals surface area contributed by atoms with E-state index in [1.165, 1.54) is 14.2 Å². The van der Waals surface area contributed by atoms with Crippen LogP contribution in [-0.4, -0.2) is 64.4 Å². The van der Waals surface area contributed by atoms with Crippen molar-refractivity contribution in [3.8, 4) is 23.0 Å². The second-order valence-corrected chi connectivity index (χ2v) is 11.3. The summed E-state index contributed by atoms with van der Waals surface area (Å²) >= 11 is 0. The lowest BCUT2D eigenvalue weighted by molar-refractivity contribution is -0.143. The normalized spacial score (nSPS) is 10.8. The zero-order valence-electron chi connectivity index (χ0n) is 26.5. The Kier molecular flexibility index (Phi) is 14.9. The Morgan fingerprint density at radius 1 is 0.591 bits per heavy atom. The fourth-order valence-electron chi connectivity index (χ4n) is 3.39. The van der Waals surface area contributed by atoms with Crippen molar-refractivity contribution in [1.82, 2.24) is 10.9 Å². The first kappa shape index (κ1) is 37.5. The number of rotatable bonds is 12. The van der Waals surface area contributed by atoms with Crippen LogP contribution in [0.25, 0.3) is 0 Å². The molecular formula is C30H44N4O10. The molecule has 0 spiro atoms. The largest absolute Gasteiger partial charge is 0.484 e. The van der Waals surface area contributed by atoms with Gasteiger partial charge in [0.25, 0.3) is 11.8 Å². The smallest absolute Gasteiger partial charge is 0.343 e. The van der Waals surface area contributed by atoms with Gasteiger partial charge in [0.1, 0.15) is 23.0 Å².